The molecule has 0 atom stereocenters. The molecule has 1 heterocycles. The molecule has 2 aromatic rings. The third-order valence-corrected chi connectivity index (χ3v) is 2.47. The van der Waals surface area contributed by atoms with Crippen LogP contribution in [0.2, 0.25) is 0 Å². The molecule has 18 heavy (non-hydrogen) atoms. The minimum atomic E-state index is -0.473. The first-order valence-electron chi connectivity index (χ1n) is 5.23. The molecule has 92 valence electrons. The number of hydrogen-bond acceptors (Lipinski definition) is 4. The van der Waals surface area contributed by atoms with E-state index in [9.17, 15) is 4.39 Å². The van der Waals surface area contributed by atoms with Crippen LogP contribution in [0.15, 0.2) is 36.7 Å². The van der Waals surface area contributed by atoms with Crippen LogP contribution in [0, 0.1) is 11.2 Å². The third-order valence-electron chi connectivity index (χ3n) is 2.47. The molecule has 0 unspecified atom stereocenters. The Kier molecular flexibility index (Phi) is 3.18. The lowest BCUT2D eigenvalue weighted by molar-refractivity contribution is 0.613. The van der Waals surface area contributed by atoms with E-state index in [-0.39, 0.29) is 5.84 Å². The van der Waals surface area contributed by atoms with Crippen LogP contribution in [0.1, 0.15) is 5.56 Å². The molecule has 0 amide bonds. The van der Waals surface area contributed by atoms with E-state index in [0.29, 0.717) is 11.5 Å². The summed E-state index contributed by atoms with van der Waals surface area (Å²) in [6, 6.07) is 7.06. The van der Waals surface area contributed by atoms with Gasteiger partial charge in [-0.25, -0.2) is 14.4 Å². The number of halogens is 1. The summed E-state index contributed by atoms with van der Waals surface area (Å²) >= 11 is 0. The van der Waals surface area contributed by atoms with Crippen molar-refractivity contribution in [1.82, 2.24) is 9.97 Å². The van der Waals surface area contributed by atoms with Gasteiger partial charge in [0.2, 0.25) is 5.95 Å². The molecular formula is C12H12FN5. The zero-order valence-corrected chi connectivity index (χ0v) is 9.76. The van der Waals surface area contributed by atoms with Crippen molar-refractivity contribution in [2.75, 3.05) is 11.9 Å². The first-order chi connectivity index (χ1) is 8.58. The Hall–Kier alpha value is -2.50. The van der Waals surface area contributed by atoms with Crippen LogP contribution >= 0.6 is 0 Å². The molecule has 5 nitrogen and oxygen atoms in total. The molecule has 0 saturated heterocycles. The van der Waals surface area contributed by atoms with Gasteiger partial charge in [0.1, 0.15) is 5.84 Å². The lowest BCUT2D eigenvalue weighted by atomic mass is 10.2. The van der Waals surface area contributed by atoms with Crippen molar-refractivity contribution in [2.24, 2.45) is 5.73 Å². The van der Waals surface area contributed by atoms with Gasteiger partial charge in [0.15, 0.2) is 5.82 Å². The quantitative estimate of drug-likeness (QED) is 0.636. The molecule has 0 radical (unpaired) electrons. The molecule has 0 spiro atoms. The molecule has 0 aliphatic carbocycles. The lowest BCUT2D eigenvalue weighted by Gasteiger charge is -2.16. The fourth-order valence-electron chi connectivity index (χ4n) is 1.46. The smallest absolute Gasteiger partial charge is 0.229 e. The summed E-state index contributed by atoms with van der Waals surface area (Å²) in [4.78, 5) is 9.48. The Bertz CT molecular complexity index is 550. The second-order valence-corrected chi connectivity index (χ2v) is 3.72. The number of nitrogens with two attached hydrogens (primary N) is 1. The summed E-state index contributed by atoms with van der Waals surface area (Å²) < 4.78 is 12.7. The fourth-order valence-corrected chi connectivity index (χ4v) is 1.46. The van der Waals surface area contributed by atoms with Gasteiger partial charge in [-0.3, -0.25) is 5.41 Å². The van der Waals surface area contributed by atoms with Crippen LogP contribution < -0.4 is 10.6 Å². The van der Waals surface area contributed by atoms with E-state index in [2.05, 4.69) is 9.97 Å². The lowest BCUT2D eigenvalue weighted by Crippen LogP contribution is -2.14. The number of aromatic nitrogens is 2. The molecule has 6 heteroatoms. The van der Waals surface area contributed by atoms with E-state index in [1.807, 2.05) is 0 Å². The van der Waals surface area contributed by atoms with E-state index in [0.717, 1.165) is 18.1 Å². The largest absolute Gasteiger partial charge is 0.384 e. The summed E-state index contributed by atoms with van der Waals surface area (Å²) in [5.41, 5.74) is 6.84. The molecule has 0 saturated carbocycles. The highest BCUT2D eigenvalue weighted by Gasteiger charge is 2.07. The number of benzene rings is 1. The Labute approximate surface area is 104 Å². The van der Waals surface area contributed by atoms with Crippen LogP contribution in [0.25, 0.3) is 0 Å². The van der Waals surface area contributed by atoms with Crippen molar-refractivity contribution < 1.29 is 4.39 Å². The summed E-state index contributed by atoms with van der Waals surface area (Å²) in [6.07, 6.45) is 2.23. The van der Waals surface area contributed by atoms with E-state index in [1.165, 1.54) is 0 Å². The third kappa shape index (κ3) is 2.42. The topological polar surface area (TPSA) is 78.9 Å². The highest BCUT2D eigenvalue weighted by Crippen LogP contribution is 2.19. The zero-order chi connectivity index (χ0) is 13.1. The minimum Gasteiger partial charge on any atom is -0.384 e. The summed E-state index contributed by atoms with van der Waals surface area (Å²) in [6.45, 7) is 0. The first kappa shape index (κ1) is 12.0. The normalized spacial score (nSPS) is 10.1. The van der Waals surface area contributed by atoms with E-state index in [1.54, 1.807) is 36.2 Å². The summed E-state index contributed by atoms with van der Waals surface area (Å²) in [7, 11) is 1.77. The highest BCUT2D eigenvalue weighted by atomic mass is 19.1. The molecule has 0 bridgehead atoms. The molecule has 0 fully saturated rings. The van der Waals surface area contributed by atoms with Gasteiger partial charge >= 0.3 is 0 Å². The summed E-state index contributed by atoms with van der Waals surface area (Å²) in [5, 5.41) is 7.30. The highest BCUT2D eigenvalue weighted by molar-refractivity contribution is 5.95. The van der Waals surface area contributed by atoms with Crippen LogP contribution in [-0.4, -0.2) is 22.9 Å². The molecule has 0 aliphatic heterocycles. The number of nitrogens with one attached hydrogen (secondary N) is 1. The van der Waals surface area contributed by atoms with Crippen molar-refractivity contribution in [3.63, 3.8) is 0 Å². The predicted octanol–water partition coefficient (Wildman–Crippen LogP) is 1.67. The van der Waals surface area contributed by atoms with Gasteiger partial charge in [0.25, 0.3) is 0 Å². The van der Waals surface area contributed by atoms with Crippen molar-refractivity contribution in [3.8, 4) is 0 Å². The van der Waals surface area contributed by atoms with E-state index in [4.69, 9.17) is 11.1 Å². The average molecular weight is 245 g/mol. The Morgan fingerprint density at radius 3 is 2.28 bits per heavy atom. The Morgan fingerprint density at radius 1 is 1.22 bits per heavy atom. The molecule has 1 aromatic heterocycles. The average Bonchev–Trinajstić information content (AvgIpc) is 2.39. The Morgan fingerprint density at radius 2 is 1.78 bits per heavy atom. The van der Waals surface area contributed by atoms with Crippen molar-refractivity contribution >= 4 is 17.5 Å². The van der Waals surface area contributed by atoms with Gasteiger partial charge in [-0.15, -0.1) is 0 Å². The van der Waals surface area contributed by atoms with E-state index >= 15 is 0 Å². The number of nitrogen functional groups attached to an aromatic ring is 1. The van der Waals surface area contributed by atoms with Crippen molar-refractivity contribution in [3.05, 3.63) is 48.0 Å². The van der Waals surface area contributed by atoms with Crippen LogP contribution in [-0.2, 0) is 0 Å². The molecule has 2 rings (SSSR count). The monoisotopic (exact) mass is 245 g/mol. The predicted molar refractivity (Wildman–Crippen MR) is 67.5 cm³/mol. The number of amidine groups is 1. The number of nitrogens with zero attached hydrogens (tertiary/aromatic N) is 3. The van der Waals surface area contributed by atoms with Crippen molar-refractivity contribution in [1.29, 1.82) is 5.41 Å². The minimum absolute atomic E-state index is 0.0160. The fraction of sp³-hybridized carbons (Fsp3) is 0.0833. The van der Waals surface area contributed by atoms with Gasteiger partial charge in [-0.05, 0) is 24.3 Å². The van der Waals surface area contributed by atoms with Gasteiger partial charge in [0, 0.05) is 18.3 Å². The molecule has 0 aliphatic rings. The van der Waals surface area contributed by atoms with E-state index < -0.39 is 5.82 Å². The number of anilines is 2. The van der Waals surface area contributed by atoms with Crippen molar-refractivity contribution in [2.45, 2.75) is 0 Å². The maximum atomic E-state index is 12.7. The second kappa shape index (κ2) is 4.79. The maximum absolute atomic E-state index is 12.7. The maximum Gasteiger partial charge on any atom is 0.229 e. The number of rotatable bonds is 3. The van der Waals surface area contributed by atoms with Crippen LogP contribution in [0.5, 0.6) is 0 Å². The molecule has 3 N–H and O–H groups in total. The van der Waals surface area contributed by atoms with Gasteiger partial charge < -0.3 is 10.6 Å². The Balaban J connectivity index is 2.25. The molecule has 1 aromatic carbocycles. The van der Waals surface area contributed by atoms with Crippen LogP contribution in [0.4, 0.5) is 16.0 Å². The first-order valence-corrected chi connectivity index (χ1v) is 5.23. The van der Waals surface area contributed by atoms with Crippen LogP contribution in [0.3, 0.4) is 0 Å². The second-order valence-electron chi connectivity index (χ2n) is 3.72. The van der Waals surface area contributed by atoms with Gasteiger partial charge in [0.05, 0.1) is 12.4 Å². The van der Waals surface area contributed by atoms with Gasteiger partial charge in [-0.2, -0.15) is 0 Å². The standard InChI is InChI=1S/C12H12FN5/c1-18(12-16-6-9(13)7-17-12)10-4-2-8(3-5-10)11(14)15/h2-7H,1H3,(H3,14,15). The SMILES string of the molecule is CN(c1ccc(C(=N)N)cc1)c1ncc(F)cn1. The molecular weight excluding hydrogens is 233 g/mol. The van der Waals surface area contributed by atoms with Gasteiger partial charge in [-0.1, -0.05) is 0 Å². The zero-order valence-electron chi connectivity index (χ0n) is 9.76. The summed E-state index contributed by atoms with van der Waals surface area (Å²) in [5.74, 6) is -0.0618. The number of hydrogen-bond donors (Lipinski definition) is 2.